The number of nitrogens with one attached hydrogen (secondary N) is 1. The summed E-state index contributed by atoms with van der Waals surface area (Å²) >= 11 is 0. The van der Waals surface area contributed by atoms with Crippen LogP contribution in [0, 0.1) is 0 Å². The van der Waals surface area contributed by atoms with Crippen LogP contribution in [0.15, 0.2) is 18.2 Å². The van der Waals surface area contributed by atoms with Crippen LogP contribution in [0.1, 0.15) is 23.5 Å². The van der Waals surface area contributed by atoms with E-state index in [-0.39, 0.29) is 12.5 Å². The first-order valence-corrected chi connectivity index (χ1v) is 7.45. The molecule has 1 aromatic carbocycles. The number of aryl methyl sites for hydroxylation is 1. The molecule has 2 rings (SSSR count). The largest absolute Gasteiger partial charge is 0.511 e. The fraction of sp³-hybridized carbons (Fsp3) is 0.500. The molecule has 0 aliphatic heterocycles. The van der Waals surface area contributed by atoms with Crippen molar-refractivity contribution in [2.45, 2.75) is 24.3 Å². The first-order valence-electron chi connectivity index (χ1n) is 5.97. The molecule has 1 atom stereocenters. The molecule has 0 saturated heterocycles. The second kappa shape index (κ2) is 5.25. The molecule has 112 valence electrons. The lowest BCUT2D eigenvalue weighted by Gasteiger charge is -2.14. The highest BCUT2D eigenvalue weighted by molar-refractivity contribution is 7.90. The molecular weight excluding hydrogens is 295 g/mol. The molecule has 0 heterocycles. The number of fused-ring (bicyclic) bond motifs is 1. The van der Waals surface area contributed by atoms with Crippen LogP contribution in [0.2, 0.25) is 0 Å². The monoisotopic (exact) mass is 309 g/mol. The van der Waals surface area contributed by atoms with Crippen molar-refractivity contribution in [2.75, 3.05) is 13.7 Å². The third-order valence-corrected chi connectivity index (χ3v) is 4.53. The zero-order valence-electron chi connectivity index (χ0n) is 10.7. The van der Waals surface area contributed by atoms with Crippen molar-refractivity contribution in [3.05, 3.63) is 29.3 Å². The van der Waals surface area contributed by atoms with E-state index in [1.165, 1.54) is 7.11 Å². The molecule has 1 N–H and O–H groups in total. The Hall–Kier alpha value is -1.28. The molecule has 0 radical (unpaired) electrons. The molecule has 1 aliphatic carbocycles. The van der Waals surface area contributed by atoms with Crippen molar-refractivity contribution in [1.82, 2.24) is 4.72 Å². The van der Waals surface area contributed by atoms with Crippen molar-refractivity contribution < 1.29 is 26.3 Å². The minimum Gasteiger partial charge on any atom is -0.497 e. The second-order valence-corrected chi connectivity index (χ2v) is 6.36. The highest BCUT2D eigenvalue weighted by Crippen LogP contribution is 2.35. The lowest BCUT2D eigenvalue weighted by Crippen LogP contribution is -2.38. The highest BCUT2D eigenvalue weighted by Gasteiger charge is 2.45. The zero-order valence-corrected chi connectivity index (χ0v) is 11.5. The quantitative estimate of drug-likeness (QED) is 0.927. The number of hydrogen-bond donors (Lipinski definition) is 1. The Balaban J connectivity index is 2.09. The fourth-order valence-electron chi connectivity index (χ4n) is 2.31. The molecule has 0 bridgehead atoms. The summed E-state index contributed by atoms with van der Waals surface area (Å²) in [7, 11) is -3.74. The summed E-state index contributed by atoms with van der Waals surface area (Å²) in [6, 6.07) is 5.32. The Morgan fingerprint density at radius 3 is 2.70 bits per heavy atom. The van der Waals surface area contributed by atoms with Gasteiger partial charge >= 0.3 is 15.5 Å². The standard InChI is InChI=1S/C12H14F3NO3S/c1-19-10-4-5-11-8(6-10)2-3-9(11)7-16-20(17,18)12(13,14)15/h4-6,9,16H,2-3,7H2,1H3/t9-/m1/s1. The second-order valence-electron chi connectivity index (χ2n) is 4.60. The zero-order chi connectivity index (χ0) is 15.0. The van der Waals surface area contributed by atoms with Gasteiger partial charge in [0, 0.05) is 6.54 Å². The Morgan fingerprint density at radius 2 is 2.10 bits per heavy atom. The Kier molecular flexibility index (Phi) is 3.97. The van der Waals surface area contributed by atoms with E-state index in [1.54, 1.807) is 16.9 Å². The summed E-state index contributed by atoms with van der Waals surface area (Å²) in [6.45, 7) is -0.249. The predicted molar refractivity (Wildman–Crippen MR) is 67.0 cm³/mol. The first kappa shape index (κ1) is 15.1. The topological polar surface area (TPSA) is 55.4 Å². The number of halogens is 3. The maximum Gasteiger partial charge on any atom is 0.511 e. The summed E-state index contributed by atoms with van der Waals surface area (Å²) < 4.78 is 65.3. The Bertz CT molecular complexity index is 598. The van der Waals surface area contributed by atoms with E-state index in [2.05, 4.69) is 0 Å². The summed E-state index contributed by atoms with van der Waals surface area (Å²) in [5.41, 5.74) is -3.41. The molecule has 8 heteroatoms. The highest BCUT2D eigenvalue weighted by atomic mass is 32.2. The van der Waals surface area contributed by atoms with E-state index >= 15 is 0 Å². The van der Waals surface area contributed by atoms with Crippen LogP contribution in [0.4, 0.5) is 13.2 Å². The van der Waals surface area contributed by atoms with E-state index < -0.39 is 15.5 Å². The molecule has 0 spiro atoms. The molecule has 1 aromatic rings. The number of rotatable bonds is 4. The van der Waals surface area contributed by atoms with Gasteiger partial charge in [-0.05, 0) is 42.0 Å². The molecule has 0 saturated carbocycles. The van der Waals surface area contributed by atoms with Crippen LogP contribution in [-0.4, -0.2) is 27.6 Å². The van der Waals surface area contributed by atoms with Crippen LogP contribution in [-0.2, 0) is 16.4 Å². The molecular formula is C12H14F3NO3S. The van der Waals surface area contributed by atoms with E-state index in [0.29, 0.717) is 18.6 Å². The van der Waals surface area contributed by atoms with Gasteiger partial charge in [-0.3, -0.25) is 0 Å². The third kappa shape index (κ3) is 2.90. The summed E-state index contributed by atoms with van der Waals surface area (Å²) in [4.78, 5) is 0. The molecule has 0 aromatic heterocycles. The van der Waals surface area contributed by atoms with Crippen LogP contribution in [0.25, 0.3) is 0 Å². The molecule has 4 nitrogen and oxygen atoms in total. The van der Waals surface area contributed by atoms with Gasteiger partial charge in [0.25, 0.3) is 0 Å². The number of methoxy groups -OCH3 is 1. The van der Waals surface area contributed by atoms with E-state index in [9.17, 15) is 21.6 Å². The number of ether oxygens (including phenoxy) is 1. The minimum absolute atomic E-state index is 0.243. The number of sulfonamides is 1. The van der Waals surface area contributed by atoms with Gasteiger partial charge in [-0.15, -0.1) is 0 Å². The van der Waals surface area contributed by atoms with E-state index in [0.717, 1.165) is 11.1 Å². The molecule has 20 heavy (non-hydrogen) atoms. The van der Waals surface area contributed by atoms with Crippen LogP contribution >= 0.6 is 0 Å². The number of alkyl halides is 3. The SMILES string of the molecule is COc1ccc2c(c1)CC[C@@H]2CNS(=O)(=O)C(F)(F)F. The minimum atomic E-state index is -5.28. The summed E-state index contributed by atoms with van der Waals surface area (Å²) in [6.07, 6.45) is 1.31. The molecule has 1 aliphatic rings. The first-order chi connectivity index (χ1) is 9.24. The van der Waals surface area contributed by atoms with Crippen molar-refractivity contribution in [2.24, 2.45) is 0 Å². The Labute approximate surface area is 115 Å². The number of benzene rings is 1. The van der Waals surface area contributed by atoms with Gasteiger partial charge in [-0.25, -0.2) is 13.1 Å². The molecule has 0 amide bonds. The molecule has 0 fully saturated rings. The fourth-order valence-corrected chi connectivity index (χ4v) is 2.90. The normalized spacial score (nSPS) is 18.9. The van der Waals surface area contributed by atoms with E-state index in [1.807, 2.05) is 6.07 Å². The molecule has 0 unspecified atom stereocenters. The summed E-state index contributed by atoms with van der Waals surface area (Å²) in [5.74, 6) is 0.438. The van der Waals surface area contributed by atoms with Gasteiger partial charge in [-0.2, -0.15) is 13.2 Å². The van der Waals surface area contributed by atoms with Gasteiger partial charge in [0.2, 0.25) is 0 Å². The maximum atomic E-state index is 12.2. The van der Waals surface area contributed by atoms with Gasteiger partial charge in [0.15, 0.2) is 0 Å². The van der Waals surface area contributed by atoms with E-state index in [4.69, 9.17) is 4.74 Å². The average molecular weight is 309 g/mol. The van der Waals surface area contributed by atoms with Crippen molar-refractivity contribution >= 4 is 10.0 Å². The van der Waals surface area contributed by atoms with Gasteiger partial charge in [0.05, 0.1) is 7.11 Å². The van der Waals surface area contributed by atoms with Crippen molar-refractivity contribution in [3.8, 4) is 5.75 Å². The number of hydrogen-bond acceptors (Lipinski definition) is 3. The van der Waals surface area contributed by atoms with Gasteiger partial charge in [-0.1, -0.05) is 6.07 Å². The summed E-state index contributed by atoms with van der Waals surface area (Å²) in [5, 5.41) is 0. The van der Waals surface area contributed by atoms with Crippen LogP contribution in [0.3, 0.4) is 0 Å². The van der Waals surface area contributed by atoms with Crippen LogP contribution < -0.4 is 9.46 Å². The van der Waals surface area contributed by atoms with Gasteiger partial charge in [0.1, 0.15) is 5.75 Å². The predicted octanol–water partition coefficient (Wildman–Crippen LogP) is 2.16. The third-order valence-electron chi connectivity index (χ3n) is 3.38. The Morgan fingerprint density at radius 1 is 1.40 bits per heavy atom. The van der Waals surface area contributed by atoms with Gasteiger partial charge < -0.3 is 4.74 Å². The average Bonchev–Trinajstić information content (AvgIpc) is 2.77. The van der Waals surface area contributed by atoms with Crippen molar-refractivity contribution in [3.63, 3.8) is 0 Å². The lowest BCUT2D eigenvalue weighted by molar-refractivity contribution is -0.0448. The smallest absolute Gasteiger partial charge is 0.497 e. The maximum absolute atomic E-state index is 12.2. The lowest BCUT2D eigenvalue weighted by atomic mass is 10.0. The van der Waals surface area contributed by atoms with Crippen LogP contribution in [0.5, 0.6) is 5.75 Å². The van der Waals surface area contributed by atoms with Crippen molar-refractivity contribution in [1.29, 1.82) is 0 Å².